The number of hydrogen-bond donors (Lipinski definition) is 3. The highest BCUT2D eigenvalue weighted by atomic mass is 16.4. The minimum Gasteiger partial charge on any atom is -0.480 e. The van der Waals surface area contributed by atoms with Crippen LogP contribution in [0.2, 0.25) is 0 Å². The van der Waals surface area contributed by atoms with E-state index in [-0.39, 0.29) is 17.9 Å². The summed E-state index contributed by atoms with van der Waals surface area (Å²) in [5, 5.41) is 14.0. The van der Waals surface area contributed by atoms with Gasteiger partial charge in [-0.25, -0.2) is 9.59 Å². The highest BCUT2D eigenvalue weighted by Gasteiger charge is 2.32. The molecule has 0 aromatic carbocycles. The second kappa shape index (κ2) is 5.76. The number of carboxylic acids is 1. The quantitative estimate of drug-likeness (QED) is 0.661. The lowest BCUT2D eigenvalue weighted by Gasteiger charge is -2.19. The maximum Gasteiger partial charge on any atom is 0.327 e. The SMILES string of the molecule is C#CCC(NC(=O)NC1CCC(C)(C)C1)C(=O)O. The van der Waals surface area contributed by atoms with Gasteiger partial charge in [0.15, 0.2) is 0 Å². The lowest BCUT2D eigenvalue weighted by atomic mass is 9.92. The van der Waals surface area contributed by atoms with E-state index in [1.165, 1.54) is 0 Å². The van der Waals surface area contributed by atoms with E-state index >= 15 is 0 Å². The largest absolute Gasteiger partial charge is 0.480 e. The van der Waals surface area contributed by atoms with E-state index < -0.39 is 18.0 Å². The molecule has 5 heteroatoms. The van der Waals surface area contributed by atoms with Crippen LogP contribution < -0.4 is 10.6 Å². The third-order valence-electron chi connectivity index (χ3n) is 3.23. The van der Waals surface area contributed by atoms with Crippen LogP contribution in [0.1, 0.15) is 39.5 Å². The molecule has 0 saturated heterocycles. The second-order valence-corrected chi connectivity index (χ2v) is 5.52. The third-order valence-corrected chi connectivity index (χ3v) is 3.23. The van der Waals surface area contributed by atoms with E-state index in [1.54, 1.807) is 0 Å². The number of nitrogens with one attached hydrogen (secondary N) is 2. The van der Waals surface area contributed by atoms with Gasteiger partial charge in [0.2, 0.25) is 0 Å². The zero-order chi connectivity index (χ0) is 13.8. The molecule has 1 saturated carbocycles. The minimum atomic E-state index is -1.12. The van der Waals surface area contributed by atoms with Crippen molar-refractivity contribution in [1.82, 2.24) is 10.6 Å². The Labute approximate surface area is 107 Å². The topological polar surface area (TPSA) is 78.4 Å². The summed E-state index contributed by atoms with van der Waals surface area (Å²) in [6.07, 6.45) is 7.94. The first-order valence-electron chi connectivity index (χ1n) is 6.07. The molecule has 2 amide bonds. The average molecular weight is 252 g/mol. The summed E-state index contributed by atoms with van der Waals surface area (Å²) in [5.41, 5.74) is 0.239. The van der Waals surface area contributed by atoms with Gasteiger partial charge >= 0.3 is 12.0 Å². The van der Waals surface area contributed by atoms with Crippen LogP contribution in [-0.2, 0) is 4.79 Å². The van der Waals surface area contributed by atoms with Crippen LogP contribution in [0.15, 0.2) is 0 Å². The van der Waals surface area contributed by atoms with Crippen molar-refractivity contribution in [3.63, 3.8) is 0 Å². The van der Waals surface area contributed by atoms with E-state index in [2.05, 4.69) is 30.4 Å². The molecule has 0 heterocycles. The van der Waals surface area contributed by atoms with Gasteiger partial charge in [-0.05, 0) is 24.7 Å². The first kappa shape index (κ1) is 14.4. The van der Waals surface area contributed by atoms with Gasteiger partial charge in [0.1, 0.15) is 6.04 Å². The molecule has 0 radical (unpaired) electrons. The van der Waals surface area contributed by atoms with Crippen LogP contribution in [0.4, 0.5) is 4.79 Å². The lowest BCUT2D eigenvalue weighted by Crippen LogP contribution is -2.48. The summed E-state index contributed by atoms with van der Waals surface area (Å²) in [6, 6.07) is -1.37. The molecule has 1 rings (SSSR count). The zero-order valence-corrected chi connectivity index (χ0v) is 10.8. The van der Waals surface area contributed by atoms with Gasteiger partial charge in [-0.1, -0.05) is 13.8 Å². The molecule has 100 valence electrons. The fraction of sp³-hybridized carbons (Fsp3) is 0.692. The number of terminal acetylenes is 1. The minimum absolute atomic E-state index is 0.0150. The Morgan fingerprint density at radius 2 is 2.22 bits per heavy atom. The molecule has 0 aliphatic heterocycles. The number of urea groups is 1. The van der Waals surface area contributed by atoms with Crippen molar-refractivity contribution >= 4 is 12.0 Å². The highest BCUT2D eigenvalue weighted by molar-refractivity contribution is 5.82. The summed E-state index contributed by atoms with van der Waals surface area (Å²) >= 11 is 0. The predicted octanol–water partition coefficient (Wildman–Crippen LogP) is 1.34. The molecular weight excluding hydrogens is 232 g/mol. The van der Waals surface area contributed by atoms with Crippen molar-refractivity contribution in [2.24, 2.45) is 5.41 Å². The Morgan fingerprint density at radius 1 is 1.56 bits per heavy atom. The molecule has 5 nitrogen and oxygen atoms in total. The molecular formula is C13H20N2O3. The Hall–Kier alpha value is -1.70. The first-order chi connectivity index (χ1) is 8.34. The van der Waals surface area contributed by atoms with Crippen molar-refractivity contribution < 1.29 is 14.7 Å². The van der Waals surface area contributed by atoms with Gasteiger partial charge in [-0.3, -0.25) is 0 Å². The average Bonchev–Trinajstić information content (AvgIpc) is 2.57. The van der Waals surface area contributed by atoms with Crippen LogP contribution in [0.5, 0.6) is 0 Å². The normalized spacial score (nSPS) is 22.8. The molecule has 1 fully saturated rings. The number of carbonyl (C=O) groups excluding carboxylic acids is 1. The van der Waals surface area contributed by atoms with Crippen LogP contribution in [0.3, 0.4) is 0 Å². The maximum atomic E-state index is 11.6. The van der Waals surface area contributed by atoms with E-state index in [0.717, 1.165) is 19.3 Å². The number of amides is 2. The molecule has 0 aromatic heterocycles. The number of hydrogen-bond acceptors (Lipinski definition) is 2. The smallest absolute Gasteiger partial charge is 0.327 e. The molecule has 1 aliphatic rings. The molecule has 3 N–H and O–H groups in total. The standard InChI is InChI=1S/C13H20N2O3/c1-4-5-10(11(16)17)15-12(18)14-9-6-7-13(2,3)8-9/h1,9-10H,5-8H2,2-3H3,(H,16,17)(H2,14,15,18). The summed E-state index contributed by atoms with van der Waals surface area (Å²) in [6.45, 7) is 4.32. The van der Waals surface area contributed by atoms with Crippen molar-refractivity contribution in [1.29, 1.82) is 0 Å². The maximum absolute atomic E-state index is 11.6. The van der Waals surface area contributed by atoms with E-state index in [1.807, 2.05) is 0 Å². The van der Waals surface area contributed by atoms with Gasteiger partial charge in [0.05, 0.1) is 0 Å². The van der Waals surface area contributed by atoms with Gasteiger partial charge < -0.3 is 15.7 Å². The Kier molecular flexibility index (Phi) is 4.60. The number of rotatable bonds is 4. The molecule has 0 bridgehead atoms. The number of carbonyl (C=O) groups is 2. The lowest BCUT2D eigenvalue weighted by molar-refractivity contribution is -0.139. The molecule has 1 aliphatic carbocycles. The van der Waals surface area contributed by atoms with Crippen molar-refractivity contribution in [2.45, 2.75) is 51.6 Å². The molecule has 2 atom stereocenters. The highest BCUT2D eigenvalue weighted by Crippen LogP contribution is 2.36. The zero-order valence-electron chi connectivity index (χ0n) is 10.8. The van der Waals surface area contributed by atoms with Crippen LogP contribution in [-0.4, -0.2) is 29.2 Å². The van der Waals surface area contributed by atoms with Crippen molar-refractivity contribution in [2.75, 3.05) is 0 Å². The summed E-state index contributed by atoms with van der Waals surface area (Å²) in [5.74, 6) is 1.12. The van der Waals surface area contributed by atoms with Crippen LogP contribution in [0, 0.1) is 17.8 Å². The summed E-state index contributed by atoms with van der Waals surface area (Å²) in [4.78, 5) is 22.5. The fourth-order valence-corrected chi connectivity index (χ4v) is 2.26. The summed E-state index contributed by atoms with van der Waals surface area (Å²) < 4.78 is 0. The van der Waals surface area contributed by atoms with E-state index in [0.29, 0.717) is 0 Å². The Balaban J connectivity index is 2.42. The van der Waals surface area contributed by atoms with E-state index in [9.17, 15) is 9.59 Å². The predicted molar refractivity (Wildman–Crippen MR) is 68.0 cm³/mol. The Bertz CT molecular complexity index is 371. The monoisotopic (exact) mass is 252 g/mol. The van der Waals surface area contributed by atoms with Gasteiger partial charge in [0, 0.05) is 12.5 Å². The fourth-order valence-electron chi connectivity index (χ4n) is 2.26. The molecule has 0 aromatic rings. The van der Waals surface area contributed by atoms with Gasteiger partial charge in [0.25, 0.3) is 0 Å². The van der Waals surface area contributed by atoms with Gasteiger partial charge in [-0.15, -0.1) is 12.3 Å². The number of carboxylic acid groups (broad SMARTS) is 1. The molecule has 18 heavy (non-hydrogen) atoms. The molecule has 0 spiro atoms. The second-order valence-electron chi connectivity index (χ2n) is 5.52. The van der Waals surface area contributed by atoms with Crippen molar-refractivity contribution in [3.05, 3.63) is 0 Å². The first-order valence-corrected chi connectivity index (χ1v) is 6.07. The third kappa shape index (κ3) is 4.28. The van der Waals surface area contributed by atoms with Gasteiger partial charge in [-0.2, -0.15) is 0 Å². The van der Waals surface area contributed by atoms with Crippen molar-refractivity contribution in [3.8, 4) is 12.3 Å². The Morgan fingerprint density at radius 3 is 2.67 bits per heavy atom. The van der Waals surface area contributed by atoms with Crippen LogP contribution >= 0.6 is 0 Å². The molecule has 2 unspecified atom stereocenters. The van der Waals surface area contributed by atoms with E-state index in [4.69, 9.17) is 11.5 Å². The van der Waals surface area contributed by atoms with Crippen LogP contribution in [0.25, 0.3) is 0 Å². The number of aliphatic carboxylic acids is 1. The summed E-state index contributed by atoms with van der Waals surface area (Å²) in [7, 11) is 0.